The van der Waals surface area contributed by atoms with Crippen LogP contribution in [0.25, 0.3) is 0 Å². The van der Waals surface area contributed by atoms with Crippen LogP contribution in [-0.4, -0.2) is 5.91 Å². The molecule has 0 unspecified atom stereocenters. The average molecular weight is 326 g/mol. The first-order valence-electron chi connectivity index (χ1n) is 5.52. The minimum Gasteiger partial charge on any atom is -0.319 e. The van der Waals surface area contributed by atoms with Crippen molar-refractivity contribution >= 4 is 27.5 Å². The van der Waals surface area contributed by atoms with Crippen LogP contribution in [0, 0.1) is 11.6 Å². The molecular weight excluding hydrogens is 316 g/mol. The fraction of sp³-hybridized carbons (Fsp3) is 0.0714. The number of anilines is 1. The molecule has 2 nitrogen and oxygen atoms in total. The Morgan fingerprint density at radius 2 is 1.89 bits per heavy atom. The van der Waals surface area contributed by atoms with Crippen molar-refractivity contribution in [3.63, 3.8) is 0 Å². The van der Waals surface area contributed by atoms with Gasteiger partial charge < -0.3 is 5.32 Å². The number of hydrogen-bond acceptors (Lipinski definition) is 1. The highest BCUT2D eigenvalue weighted by atomic mass is 79.9. The molecule has 19 heavy (non-hydrogen) atoms. The SMILES string of the molecule is O=C(Nc1cc(F)ccc1F)c1ccccc1CBr. The zero-order chi connectivity index (χ0) is 13.8. The Hall–Kier alpha value is -1.75. The number of amides is 1. The van der Waals surface area contributed by atoms with Gasteiger partial charge in [-0.25, -0.2) is 8.78 Å². The van der Waals surface area contributed by atoms with Crippen molar-refractivity contribution in [2.75, 3.05) is 5.32 Å². The molecule has 0 saturated carbocycles. The molecule has 2 aromatic rings. The maximum Gasteiger partial charge on any atom is 0.256 e. The highest BCUT2D eigenvalue weighted by molar-refractivity contribution is 9.08. The van der Waals surface area contributed by atoms with Crippen LogP contribution in [0.5, 0.6) is 0 Å². The van der Waals surface area contributed by atoms with Crippen LogP contribution in [0.2, 0.25) is 0 Å². The maximum absolute atomic E-state index is 13.4. The summed E-state index contributed by atoms with van der Waals surface area (Å²) in [4.78, 5) is 12.0. The second kappa shape index (κ2) is 5.93. The Labute approximate surface area is 117 Å². The molecule has 0 heterocycles. The highest BCUT2D eigenvalue weighted by Crippen LogP contribution is 2.18. The van der Waals surface area contributed by atoms with E-state index in [-0.39, 0.29) is 5.69 Å². The van der Waals surface area contributed by atoms with Crippen LogP contribution >= 0.6 is 15.9 Å². The van der Waals surface area contributed by atoms with Crippen molar-refractivity contribution in [3.8, 4) is 0 Å². The lowest BCUT2D eigenvalue weighted by Crippen LogP contribution is -2.15. The molecule has 2 aromatic carbocycles. The topological polar surface area (TPSA) is 29.1 Å². The summed E-state index contributed by atoms with van der Waals surface area (Å²) in [6.45, 7) is 0. The number of hydrogen-bond donors (Lipinski definition) is 1. The quantitative estimate of drug-likeness (QED) is 0.845. The van der Waals surface area contributed by atoms with Crippen LogP contribution in [-0.2, 0) is 5.33 Å². The molecule has 98 valence electrons. The summed E-state index contributed by atoms with van der Waals surface area (Å²) < 4.78 is 26.5. The average Bonchev–Trinajstić information content (AvgIpc) is 2.42. The number of carbonyl (C=O) groups is 1. The Bertz CT molecular complexity index is 616. The van der Waals surface area contributed by atoms with Crippen molar-refractivity contribution < 1.29 is 13.6 Å². The summed E-state index contributed by atoms with van der Waals surface area (Å²) in [5.74, 6) is -1.75. The highest BCUT2D eigenvalue weighted by Gasteiger charge is 2.13. The third-order valence-corrected chi connectivity index (χ3v) is 3.19. The van der Waals surface area contributed by atoms with Crippen LogP contribution in [0.4, 0.5) is 14.5 Å². The number of carbonyl (C=O) groups excluding carboxylic acids is 1. The molecule has 5 heteroatoms. The Balaban J connectivity index is 2.28. The van der Waals surface area contributed by atoms with E-state index in [1.165, 1.54) is 0 Å². The van der Waals surface area contributed by atoms with Gasteiger partial charge in [-0.05, 0) is 23.8 Å². The lowest BCUT2D eigenvalue weighted by molar-refractivity contribution is 0.102. The number of alkyl halides is 1. The van der Waals surface area contributed by atoms with E-state index >= 15 is 0 Å². The van der Waals surface area contributed by atoms with Crippen LogP contribution in [0.1, 0.15) is 15.9 Å². The van der Waals surface area contributed by atoms with Crippen molar-refractivity contribution in [3.05, 3.63) is 65.2 Å². The van der Waals surface area contributed by atoms with E-state index in [1.807, 2.05) is 0 Å². The molecule has 1 amide bonds. The minimum absolute atomic E-state index is 0.172. The number of rotatable bonds is 3. The Kier molecular flexibility index (Phi) is 4.27. The molecule has 0 saturated heterocycles. The first kappa shape index (κ1) is 13.7. The molecule has 0 aliphatic heterocycles. The number of halogens is 3. The zero-order valence-corrected chi connectivity index (χ0v) is 11.4. The lowest BCUT2D eigenvalue weighted by Gasteiger charge is -2.09. The molecule has 1 N–H and O–H groups in total. The predicted octanol–water partition coefficient (Wildman–Crippen LogP) is 4.11. The van der Waals surface area contributed by atoms with E-state index in [9.17, 15) is 13.6 Å². The van der Waals surface area contributed by atoms with Gasteiger partial charge in [-0.3, -0.25) is 4.79 Å². The van der Waals surface area contributed by atoms with Gasteiger partial charge in [0.2, 0.25) is 0 Å². The van der Waals surface area contributed by atoms with Crippen LogP contribution in [0.3, 0.4) is 0 Å². The fourth-order valence-electron chi connectivity index (χ4n) is 1.64. The van der Waals surface area contributed by atoms with E-state index in [1.54, 1.807) is 24.3 Å². The molecule has 0 aliphatic carbocycles. The molecule has 0 atom stereocenters. The normalized spacial score (nSPS) is 10.3. The fourth-order valence-corrected chi connectivity index (χ4v) is 2.13. The van der Waals surface area contributed by atoms with Gasteiger partial charge in [0.05, 0.1) is 5.69 Å². The summed E-state index contributed by atoms with van der Waals surface area (Å²) in [6, 6.07) is 9.84. The van der Waals surface area contributed by atoms with Gasteiger partial charge >= 0.3 is 0 Å². The van der Waals surface area contributed by atoms with Gasteiger partial charge in [0.25, 0.3) is 5.91 Å². The molecule has 0 aliphatic rings. The molecular formula is C14H10BrF2NO. The van der Waals surface area contributed by atoms with Gasteiger partial charge in [-0.15, -0.1) is 0 Å². The predicted molar refractivity (Wildman–Crippen MR) is 73.4 cm³/mol. The van der Waals surface area contributed by atoms with E-state index < -0.39 is 17.5 Å². The molecule has 0 aromatic heterocycles. The van der Waals surface area contributed by atoms with Crippen molar-refractivity contribution in [2.45, 2.75) is 5.33 Å². The minimum atomic E-state index is -0.675. The van der Waals surface area contributed by atoms with E-state index in [0.717, 1.165) is 23.8 Å². The van der Waals surface area contributed by atoms with Crippen molar-refractivity contribution in [2.24, 2.45) is 0 Å². The smallest absolute Gasteiger partial charge is 0.256 e. The largest absolute Gasteiger partial charge is 0.319 e. The summed E-state index contributed by atoms with van der Waals surface area (Å²) in [5, 5.41) is 2.87. The molecule has 2 rings (SSSR count). The Morgan fingerprint density at radius 1 is 1.16 bits per heavy atom. The Morgan fingerprint density at radius 3 is 2.63 bits per heavy atom. The first-order valence-corrected chi connectivity index (χ1v) is 6.64. The molecule has 0 spiro atoms. The number of nitrogens with one attached hydrogen (secondary N) is 1. The van der Waals surface area contributed by atoms with Gasteiger partial charge in [-0.1, -0.05) is 34.1 Å². The molecule has 0 radical (unpaired) electrons. The summed E-state index contributed by atoms with van der Waals surface area (Å²) >= 11 is 3.27. The number of benzene rings is 2. The van der Waals surface area contributed by atoms with Crippen LogP contribution in [0.15, 0.2) is 42.5 Å². The third kappa shape index (κ3) is 3.17. The van der Waals surface area contributed by atoms with E-state index in [0.29, 0.717) is 10.9 Å². The molecule has 0 fully saturated rings. The van der Waals surface area contributed by atoms with Gasteiger partial charge in [-0.2, -0.15) is 0 Å². The van der Waals surface area contributed by atoms with Gasteiger partial charge in [0.15, 0.2) is 0 Å². The van der Waals surface area contributed by atoms with Crippen LogP contribution < -0.4 is 5.32 Å². The molecule has 0 bridgehead atoms. The second-order valence-corrected chi connectivity index (χ2v) is 4.43. The second-order valence-electron chi connectivity index (χ2n) is 3.87. The monoisotopic (exact) mass is 325 g/mol. The summed E-state index contributed by atoms with van der Waals surface area (Å²) in [6.07, 6.45) is 0. The first-order chi connectivity index (χ1) is 9.11. The third-order valence-electron chi connectivity index (χ3n) is 2.58. The van der Waals surface area contributed by atoms with Crippen molar-refractivity contribution in [1.82, 2.24) is 0 Å². The standard InChI is InChI=1S/C14H10BrF2NO/c15-8-9-3-1-2-4-11(9)14(19)18-13-7-10(16)5-6-12(13)17/h1-7H,8H2,(H,18,19). The van der Waals surface area contributed by atoms with E-state index in [4.69, 9.17) is 0 Å². The van der Waals surface area contributed by atoms with Gasteiger partial charge in [0.1, 0.15) is 11.6 Å². The van der Waals surface area contributed by atoms with Gasteiger partial charge in [0, 0.05) is 17.0 Å². The summed E-state index contributed by atoms with van der Waals surface area (Å²) in [5.41, 5.74) is 1.02. The van der Waals surface area contributed by atoms with E-state index in [2.05, 4.69) is 21.2 Å². The zero-order valence-electron chi connectivity index (χ0n) is 9.79. The maximum atomic E-state index is 13.4. The van der Waals surface area contributed by atoms with Crippen molar-refractivity contribution in [1.29, 1.82) is 0 Å². The summed E-state index contributed by atoms with van der Waals surface area (Å²) in [7, 11) is 0. The lowest BCUT2D eigenvalue weighted by atomic mass is 10.1.